The number of nitrogens with one attached hydrogen (secondary N) is 1. The van der Waals surface area contributed by atoms with Gasteiger partial charge in [0.25, 0.3) is 5.91 Å². The van der Waals surface area contributed by atoms with Crippen molar-refractivity contribution in [3.05, 3.63) is 58.5 Å². The molecule has 0 aliphatic heterocycles. The average molecular weight is 465 g/mol. The number of carbonyl (C=O) groups excluding carboxylic acids is 1. The van der Waals surface area contributed by atoms with Crippen LogP contribution in [0.4, 0.5) is 5.00 Å². The number of amides is 1. The molecule has 2 aromatic carbocycles. The van der Waals surface area contributed by atoms with Crippen LogP contribution in [-0.4, -0.2) is 25.1 Å². The first-order valence-corrected chi connectivity index (χ1v) is 12.2. The summed E-state index contributed by atoms with van der Waals surface area (Å²) in [5, 5.41) is 4.98. The lowest BCUT2D eigenvalue weighted by molar-refractivity contribution is 0.102. The van der Waals surface area contributed by atoms with E-state index in [4.69, 9.17) is 14.5 Å². The number of hydrogen-bond donors (Lipinski definition) is 1. The Balaban J connectivity index is 1.61. The molecule has 1 amide bonds. The zero-order valence-electron chi connectivity index (χ0n) is 18.2. The molecule has 4 aromatic rings. The molecule has 0 fully saturated rings. The molecule has 7 heteroatoms. The van der Waals surface area contributed by atoms with Gasteiger partial charge in [0.15, 0.2) is 0 Å². The molecule has 1 aliphatic rings. The normalized spacial score (nSPS) is 15.4. The van der Waals surface area contributed by atoms with Crippen LogP contribution >= 0.6 is 22.7 Å². The largest absolute Gasteiger partial charge is 0.496 e. The van der Waals surface area contributed by atoms with Crippen molar-refractivity contribution < 1.29 is 14.3 Å². The second kappa shape index (κ2) is 8.56. The number of fused-ring (bicyclic) bond motifs is 2. The van der Waals surface area contributed by atoms with E-state index < -0.39 is 0 Å². The molecule has 32 heavy (non-hydrogen) atoms. The summed E-state index contributed by atoms with van der Waals surface area (Å²) < 4.78 is 12.0. The minimum absolute atomic E-state index is 0.242. The first-order chi connectivity index (χ1) is 15.6. The van der Waals surface area contributed by atoms with Crippen LogP contribution in [0.1, 0.15) is 34.1 Å². The lowest BCUT2D eigenvalue weighted by atomic mass is 9.88. The zero-order valence-corrected chi connectivity index (χ0v) is 19.9. The van der Waals surface area contributed by atoms with Gasteiger partial charge in [-0.1, -0.05) is 25.1 Å². The monoisotopic (exact) mass is 464 g/mol. The van der Waals surface area contributed by atoms with Crippen LogP contribution in [0.2, 0.25) is 0 Å². The summed E-state index contributed by atoms with van der Waals surface area (Å²) in [5.41, 5.74) is 3.78. The van der Waals surface area contributed by atoms with Gasteiger partial charge in [-0.15, -0.1) is 22.7 Å². The van der Waals surface area contributed by atoms with Crippen LogP contribution in [0.15, 0.2) is 42.5 Å². The molecular weight excluding hydrogens is 440 g/mol. The number of aromatic nitrogens is 1. The second-order valence-corrected chi connectivity index (χ2v) is 10.2. The molecule has 2 aromatic heterocycles. The predicted octanol–water partition coefficient (Wildman–Crippen LogP) is 6.42. The summed E-state index contributed by atoms with van der Waals surface area (Å²) in [4.78, 5) is 19.7. The second-order valence-electron chi connectivity index (χ2n) is 8.03. The molecule has 164 valence electrons. The Morgan fingerprint density at radius 2 is 1.81 bits per heavy atom. The molecule has 5 nitrogen and oxygen atoms in total. The number of thiophene rings is 1. The van der Waals surface area contributed by atoms with Crippen molar-refractivity contribution in [2.45, 2.75) is 26.2 Å². The number of rotatable bonds is 5. The maximum Gasteiger partial charge on any atom is 0.263 e. The first-order valence-electron chi connectivity index (χ1n) is 10.6. The Labute approximate surface area is 195 Å². The summed E-state index contributed by atoms with van der Waals surface area (Å²) >= 11 is 3.35. The van der Waals surface area contributed by atoms with Crippen LogP contribution in [-0.2, 0) is 12.8 Å². The van der Waals surface area contributed by atoms with Gasteiger partial charge in [0.2, 0.25) is 0 Å². The number of para-hydroxylation sites is 1. The highest BCUT2D eigenvalue weighted by Gasteiger charge is 2.28. The molecule has 2 heterocycles. The molecule has 1 atom stereocenters. The Morgan fingerprint density at radius 3 is 2.53 bits per heavy atom. The van der Waals surface area contributed by atoms with E-state index in [0.29, 0.717) is 23.0 Å². The van der Waals surface area contributed by atoms with E-state index >= 15 is 0 Å². The van der Waals surface area contributed by atoms with Crippen LogP contribution in [0, 0.1) is 5.92 Å². The molecule has 5 rings (SSSR count). The third kappa shape index (κ3) is 3.65. The van der Waals surface area contributed by atoms with Crippen molar-refractivity contribution in [1.82, 2.24) is 4.98 Å². The summed E-state index contributed by atoms with van der Waals surface area (Å²) in [6.45, 7) is 2.29. The van der Waals surface area contributed by atoms with Crippen molar-refractivity contribution in [2.24, 2.45) is 5.92 Å². The van der Waals surface area contributed by atoms with E-state index in [1.165, 1.54) is 10.4 Å². The number of carbonyl (C=O) groups is 1. The Bertz CT molecular complexity index is 1250. The number of ether oxygens (including phenoxy) is 2. The first kappa shape index (κ1) is 21.0. The standard InChI is InChI=1S/C25H24N2O3S2/c1-14-11-12-15-20(13-14)32-25(21(15)24-26-16-7-4-5-10-19(16)31-24)27-23(28)22-17(29-2)8-6-9-18(22)30-3/h4-10,14H,11-13H2,1-3H3,(H,27,28)/t14-/m1/s1. The van der Waals surface area contributed by atoms with Gasteiger partial charge in [0.05, 0.1) is 24.4 Å². The molecule has 1 N–H and O–H groups in total. The predicted molar refractivity (Wildman–Crippen MR) is 132 cm³/mol. The van der Waals surface area contributed by atoms with Crippen molar-refractivity contribution in [2.75, 3.05) is 19.5 Å². The Kier molecular flexibility index (Phi) is 5.61. The summed E-state index contributed by atoms with van der Waals surface area (Å²) in [7, 11) is 3.12. The highest BCUT2D eigenvalue weighted by Crippen LogP contribution is 2.47. The fourth-order valence-electron chi connectivity index (χ4n) is 4.28. The molecular formula is C25H24N2O3S2. The number of methoxy groups -OCH3 is 2. The van der Waals surface area contributed by atoms with Gasteiger partial charge in [-0.25, -0.2) is 4.98 Å². The summed E-state index contributed by atoms with van der Waals surface area (Å²) in [6, 6.07) is 13.5. The van der Waals surface area contributed by atoms with Crippen molar-refractivity contribution in [3.8, 4) is 22.1 Å². The topological polar surface area (TPSA) is 60.5 Å². The maximum absolute atomic E-state index is 13.4. The molecule has 0 spiro atoms. The van der Waals surface area contributed by atoms with Gasteiger partial charge in [0.1, 0.15) is 27.1 Å². The van der Waals surface area contributed by atoms with E-state index in [-0.39, 0.29) is 5.91 Å². The van der Waals surface area contributed by atoms with E-state index in [9.17, 15) is 4.79 Å². The van der Waals surface area contributed by atoms with E-state index in [0.717, 1.165) is 45.1 Å². The molecule has 1 aliphatic carbocycles. The van der Waals surface area contributed by atoms with E-state index in [1.807, 2.05) is 24.3 Å². The third-order valence-corrected chi connectivity index (χ3v) is 8.13. The quantitative estimate of drug-likeness (QED) is 0.370. The van der Waals surface area contributed by atoms with Gasteiger partial charge in [-0.05, 0) is 55.0 Å². The molecule has 0 bridgehead atoms. The minimum atomic E-state index is -0.242. The van der Waals surface area contributed by atoms with Gasteiger partial charge >= 0.3 is 0 Å². The van der Waals surface area contributed by atoms with Crippen molar-refractivity contribution >= 4 is 43.8 Å². The third-order valence-electron chi connectivity index (χ3n) is 5.90. The molecule has 0 unspecified atom stereocenters. The smallest absolute Gasteiger partial charge is 0.263 e. The number of benzene rings is 2. The average Bonchev–Trinajstić information content (AvgIpc) is 3.38. The van der Waals surface area contributed by atoms with E-state index in [2.05, 4.69) is 18.3 Å². The van der Waals surface area contributed by atoms with Gasteiger partial charge < -0.3 is 14.8 Å². The summed E-state index contributed by atoms with van der Waals surface area (Å²) in [5.74, 6) is 1.37. The highest BCUT2D eigenvalue weighted by molar-refractivity contribution is 7.23. The fraction of sp³-hybridized carbons (Fsp3) is 0.280. The van der Waals surface area contributed by atoms with Crippen LogP contribution < -0.4 is 14.8 Å². The molecule has 0 saturated carbocycles. The van der Waals surface area contributed by atoms with Crippen LogP contribution in [0.5, 0.6) is 11.5 Å². The highest BCUT2D eigenvalue weighted by atomic mass is 32.1. The minimum Gasteiger partial charge on any atom is -0.496 e. The van der Waals surface area contributed by atoms with Gasteiger partial charge in [-0.3, -0.25) is 4.79 Å². The fourth-order valence-corrected chi connectivity index (χ4v) is 6.80. The van der Waals surface area contributed by atoms with Crippen LogP contribution in [0.3, 0.4) is 0 Å². The van der Waals surface area contributed by atoms with Gasteiger partial charge in [-0.2, -0.15) is 0 Å². The Hall–Kier alpha value is -2.90. The zero-order chi connectivity index (χ0) is 22.2. The summed E-state index contributed by atoms with van der Waals surface area (Å²) in [6.07, 6.45) is 3.19. The lowest BCUT2D eigenvalue weighted by Crippen LogP contribution is -2.14. The van der Waals surface area contributed by atoms with Crippen molar-refractivity contribution in [1.29, 1.82) is 0 Å². The van der Waals surface area contributed by atoms with Gasteiger partial charge in [0, 0.05) is 10.4 Å². The van der Waals surface area contributed by atoms with Crippen molar-refractivity contribution in [3.63, 3.8) is 0 Å². The Morgan fingerprint density at radius 1 is 1.06 bits per heavy atom. The molecule has 0 radical (unpaired) electrons. The number of anilines is 1. The number of hydrogen-bond acceptors (Lipinski definition) is 6. The SMILES string of the molecule is COc1cccc(OC)c1C(=O)Nc1sc2c(c1-c1nc3ccccc3s1)CC[C@@H](C)C2. The number of thiazole rings is 1. The molecule has 0 saturated heterocycles. The van der Waals surface area contributed by atoms with Crippen LogP contribution in [0.25, 0.3) is 20.8 Å². The lowest BCUT2D eigenvalue weighted by Gasteiger charge is -2.18. The van der Waals surface area contributed by atoms with E-state index in [1.54, 1.807) is 49.0 Å². The number of nitrogens with zero attached hydrogens (tertiary/aromatic N) is 1. The maximum atomic E-state index is 13.4.